The van der Waals surface area contributed by atoms with Gasteiger partial charge < -0.3 is 14.2 Å². The van der Waals surface area contributed by atoms with Crippen LogP contribution in [0.3, 0.4) is 0 Å². The van der Waals surface area contributed by atoms with E-state index in [4.69, 9.17) is 9.47 Å². The molecular formula is C12H13F4NO4. The molecule has 1 heterocycles. The molecule has 5 nitrogen and oxygen atoms in total. The zero-order valence-electron chi connectivity index (χ0n) is 11.3. The highest BCUT2D eigenvalue weighted by Gasteiger charge is 2.33. The van der Waals surface area contributed by atoms with Gasteiger partial charge in [0.25, 0.3) is 0 Å². The molecule has 0 saturated carbocycles. The first-order valence-electron chi connectivity index (χ1n) is 5.84. The number of hydrogen-bond acceptors (Lipinski definition) is 5. The zero-order chi connectivity index (χ0) is 16.0. The second kappa shape index (κ2) is 7.09. The van der Waals surface area contributed by atoms with E-state index in [1.807, 2.05) is 0 Å². The molecule has 0 amide bonds. The topological polar surface area (TPSA) is 57.7 Å². The molecule has 1 rings (SSSR count). The molecule has 0 saturated heterocycles. The van der Waals surface area contributed by atoms with Gasteiger partial charge in [-0.1, -0.05) is 0 Å². The number of ether oxygens (including phenoxy) is 3. The number of methoxy groups -OCH3 is 1. The van der Waals surface area contributed by atoms with E-state index >= 15 is 0 Å². The molecule has 9 heteroatoms. The van der Waals surface area contributed by atoms with Crippen LogP contribution in [0, 0.1) is 0 Å². The SMILES string of the molecule is CCOC(=O)Cc1nc(CF)c(OC(F)(F)F)cc1OC. The second-order valence-electron chi connectivity index (χ2n) is 3.75. The van der Waals surface area contributed by atoms with Crippen LogP contribution in [0.15, 0.2) is 6.07 Å². The Bertz CT molecular complexity index is 505. The van der Waals surface area contributed by atoms with Gasteiger partial charge in [-0.3, -0.25) is 4.79 Å². The Morgan fingerprint density at radius 3 is 2.43 bits per heavy atom. The maximum atomic E-state index is 12.8. The fraction of sp³-hybridized carbons (Fsp3) is 0.500. The van der Waals surface area contributed by atoms with Gasteiger partial charge in [0.05, 0.1) is 25.8 Å². The van der Waals surface area contributed by atoms with Crippen molar-refractivity contribution in [2.24, 2.45) is 0 Å². The highest BCUT2D eigenvalue weighted by molar-refractivity contribution is 5.73. The lowest BCUT2D eigenvalue weighted by molar-refractivity contribution is -0.275. The average Bonchev–Trinajstić information content (AvgIpc) is 2.38. The van der Waals surface area contributed by atoms with Gasteiger partial charge in [-0.15, -0.1) is 13.2 Å². The van der Waals surface area contributed by atoms with Crippen molar-refractivity contribution < 1.29 is 36.6 Å². The van der Waals surface area contributed by atoms with Gasteiger partial charge in [0, 0.05) is 6.07 Å². The van der Waals surface area contributed by atoms with Crippen LogP contribution in [0.25, 0.3) is 0 Å². The first-order chi connectivity index (χ1) is 9.80. The summed E-state index contributed by atoms with van der Waals surface area (Å²) in [6.45, 7) is 0.438. The smallest absolute Gasteiger partial charge is 0.495 e. The summed E-state index contributed by atoms with van der Waals surface area (Å²) < 4.78 is 62.7. The Kier molecular flexibility index (Phi) is 5.74. The molecule has 1 aromatic heterocycles. The summed E-state index contributed by atoms with van der Waals surface area (Å²) in [5.41, 5.74) is -0.606. The Morgan fingerprint density at radius 2 is 1.95 bits per heavy atom. The fourth-order valence-electron chi connectivity index (χ4n) is 1.52. The summed E-state index contributed by atoms with van der Waals surface area (Å²) in [6, 6.07) is 0.837. The number of halogens is 4. The maximum absolute atomic E-state index is 12.8. The number of alkyl halides is 4. The van der Waals surface area contributed by atoms with E-state index < -0.39 is 30.4 Å². The minimum atomic E-state index is -4.99. The molecule has 0 spiro atoms. The molecule has 118 valence electrons. The quantitative estimate of drug-likeness (QED) is 0.597. The lowest BCUT2D eigenvalue weighted by atomic mass is 10.2. The molecule has 0 radical (unpaired) electrons. The number of carbonyl (C=O) groups excluding carboxylic acids is 1. The van der Waals surface area contributed by atoms with Gasteiger partial charge in [-0.05, 0) is 6.92 Å². The number of carbonyl (C=O) groups is 1. The normalized spacial score (nSPS) is 11.1. The molecule has 0 aliphatic heterocycles. The van der Waals surface area contributed by atoms with E-state index in [1.54, 1.807) is 6.92 Å². The largest absolute Gasteiger partial charge is 0.573 e. The van der Waals surface area contributed by atoms with Crippen molar-refractivity contribution in [2.75, 3.05) is 13.7 Å². The van der Waals surface area contributed by atoms with Crippen molar-refractivity contribution in [1.82, 2.24) is 4.98 Å². The monoisotopic (exact) mass is 311 g/mol. The third-order valence-electron chi connectivity index (χ3n) is 2.29. The molecule has 0 fully saturated rings. The number of esters is 1. The van der Waals surface area contributed by atoms with Gasteiger partial charge in [0.1, 0.15) is 18.1 Å². The standard InChI is InChI=1S/C12H13F4NO4/c1-3-20-11(18)4-7-9(19-2)5-10(8(6-13)17-7)21-12(14,15)16/h5H,3-4,6H2,1-2H3. The Balaban J connectivity index is 3.13. The Morgan fingerprint density at radius 1 is 1.29 bits per heavy atom. The van der Waals surface area contributed by atoms with Crippen molar-refractivity contribution in [2.45, 2.75) is 26.4 Å². The number of rotatable bonds is 6. The van der Waals surface area contributed by atoms with Crippen LogP contribution in [0.1, 0.15) is 18.3 Å². The lowest BCUT2D eigenvalue weighted by Crippen LogP contribution is -2.19. The first-order valence-corrected chi connectivity index (χ1v) is 5.84. The van der Waals surface area contributed by atoms with Crippen molar-refractivity contribution in [3.05, 3.63) is 17.5 Å². The molecule has 21 heavy (non-hydrogen) atoms. The molecule has 0 aliphatic rings. The van der Waals surface area contributed by atoms with Crippen LogP contribution in [-0.2, 0) is 22.6 Å². The van der Waals surface area contributed by atoms with E-state index in [1.165, 1.54) is 7.11 Å². The molecule has 0 aromatic carbocycles. The van der Waals surface area contributed by atoms with E-state index in [9.17, 15) is 22.4 Å². The summed E-state index contributed by atoms with van der Waals surface area (Å²) in [6.07, 6.45) is -5.34. The highest BCUT2D eigenvalue weighted by atomic mass is 19.4. The summed E-state index contributed by atoms with van der Waals surface area (Å²) in [7, 11) is 1.18. The van der Waals surface area contributed by atoms with E-state index in [0.29, 0.717) is 0 Å². The van der Waals surface area contributed by atoms with Crippen LogP contribution in [0.5, 0.6) is 11.5 Å². The van der Waals surface area contributed by atoms with E-state index in [-0.39, 0.29) is 24.5 Å². The van der Waals surface area contributed by atoms with Crippen LogP contribution in [-0.4, -0.2) is 31.0 Å². The maximum Gasteiger partial charge on any atom is 0.573 e. The molecule has 1 aromatic rings. The molecule has 0 unspecified atom stereocenters. The summed E-state index contributed by atoms with van der Waals surface area (Å²) in [5.74, 6) is -1.59. The predicted molar refractivity (Wildman–Crippen MR) is 62.6 cm³/mol. The van der Waals surface area contributed by atoms with Gasteiger partial charge >= 0.3 is 12.3 Å². The van der Waals surface area contributed by atoms with E-state index in [0.717, 1.165) is 6.07 Å². The summed E-state index contributed by atoms with van der Waals surface area (Å²) in [4.78, 5) is 15.0. The fourth-order valence-corrected chi connectivity index (χ4v) is 1.52. The van der Waals surface area contributed by atoms with Crippen molar-refractivity contribution in [3.8, 4) is 11.5 Å². The average molecular weight is 311 g/mol. The zero-order valence-corrected chi connectivity index (χ0v) is 11.3. The molecule has 0 aliphatic carbocycles. The molecule has 0 N–H and O–H groups in total. The summed E-state index contributed by atoms with van der Waals surface area (Å²) >= 11 is 0. The van der Waals surface area contributed by atoms with Crippen molar-refractivity contribution >= 4 is 5.97 Å². The number of pyridine rings is 1. The number of hydrogen-bond donors (Lipinski definition) is 0. The van der Waals surface area contributed by atoms with E-state index in [2.05, 4.69) is 9.72 Å². The number of nitrogens with zero attached hydrogens (tertiary/aromatic N) is 1. The third-order valence-corrected chi connectivity index (χ3v) is 2.29. The highest BCUT2D eigenvalue weighted by Crippen LogP contribution is 2.31. The summed E-state index contributed by atoms with van der Waals surface area (Å²) in [5, 5.41) is 0. The van der Waals surface area contributed by atoms with Crippen molar-refractivity contribution in [1.29, 1.82) is 0 Å². The van der Waals surface area contributed by atoms with Crippen LogP contribution < -0.4 is 9.47 Å². The third kappa shape index (κ3) is 5.09. The Hall–Kier alpha value is -2.06. The minimum absolute atomic E-state index is 0.0295. The molecular weight excluding hydrogens is 298 g/mol. The minimum Gasteiger partial charge on any atom is -0.495 e. The van der Waals surface area contributed by atoms with Gasteiger partial charge in [0.15, 0.2) is 5.75 Å². The van der Waals surface area contributed by atoms with Crippen LogP contribution in [0.2, 0.25) is 0 Å². The lowest BCUT2D eigenvalue weighted by Gasteiger charge is -2.15. The molecule has 0 atom stereocenters. The predicted octanol–water partition coefficient (Wildman–Crippen LogP) is 2.56. The van der Waals surface area contributed by atoms with Gasteiger partial charge in [-0.25, -0.2) is 9.37 Å². The first kappa shape index (κ1) is 17.0. The van der Waals surface area contributed by atoms with Gasteiger partial charge in [0.2, 0.25) is 0 Å². The Labute approximate surface area is 117 Å². The van der Waals surface area contributed by atoms with Crippen LogP contribution >= 0.6 is 0 Å². The van der Waals surface area contributed by atoms with Crippen molar-refractivity contribution in [3.63, 3.8) is 0 Å². The number of aromatic nitrogens is 1. The van der Waals surface area contributed by atoms with Crippen LogP contribution in [0.4, 0.5) is 17.6 Å². The van der Waals surface area contributed by atoms with Gasteiger partial charge in [-0.2, -0.15) is 0 Å². The molecule has 0 bridgehead atoms. The second-order valence-corrected chi connectivity index (χ2v) is 3.75.